The van der Waals surface area contributed by atoms with Crippen molar-refractivity contribution in [3.05, 3.63) is 69.4 Å². The fourth-order valence-electron chi connectivity index (χ4n) is 6.64. The Morgan fingerprint density at radius 3 is 2.37 bits per heavy atom. The molecule has 2 fully saturated rings. The molecule has 0 aliphatic carbocycles. The van der Waals surface area contributed by atoms with Gasteiger partial charge in [0.1, 0.15) is 23.9 Å². The minimum Gasteiger partial charge on any atom is -0.461 e. The zero-order valence-electron chi connectivity index (χ0n) is 23.5. The Morgan fingerprint density at radius 1 is 1.14 bits per heavy atom. The van der Waals surface area contributed by atoms with Gasteiger partial charge in [-0.15, -0.1) is 0 Å². The lowest BCUT2D eigenvalue weighted by Crippen LogP contribution is -2.55. The number of hydrogen-bond donors (Lipinski definition) is 1. The second kappa shape index (κ2) is 11.0. The van der Waals surface area contributed by atoms with Gasteiger partial charge in [-0.3, -0.25) is 19.3 Å². The maximum Gasteiger partial charge on any atom is 0.312 e. The summed E-state index contributed by atoms with van der Waals surface area (Å²) in [6.07, 6.45) is 0.465. The van der Waals surface area contributed by atoms with E-state index in [1.165, 1.54) is 35.2 Å². The molecule has 5 rings (SSSR count). The third-order valence-electron chi connectivity index (χ3n) is 7.98. The third kappa shape index (κ3) is 5.41. The second-order valence-electron chi connectivity index (χ2n) is 12.3. The largest absolute Gasteiger partial charge is 0.461 e. The number of anilines is 2. The Morgan fingerprint density at radius 2 is 1.77 bits per heavy atom. The van der Waals surface area contributed by atoms with Crippen LogP contribution >= 0.6 is 34.8 Å². The number of ether oxygens (including phenoxy) is 1. The molecule has 3 heterocycles. The van der Waals surface area contributed by atoms with E-state index in [0.29, 0.717) is 0 Å². The van der Waals surface area contributed by atoms with Gasteiger partial charge in [0, 0.05) is 45.3 Å². The number of hydrogen-bond acceptors (Lipinski definition) is 5. The second-order valence-corrected chi connectivity index (χ2v) is 13.6. The van der Waals surface area contributed by atoms with E-state index in [2.05, 4.69) is 11.9 Å². The monoisotopic (exact) mass is 657 g/mol. The number of alkyl halides is 2. The van der Waals surface area contributed by atoms with Crippen molar-refractivity contribution in [3.63, 3.8) is 0 Å². The summed E-state index contributed by atoms with van der Waals surface area (Å²) in [6, 6.07) is 5.40. The molecule has 0 saturated carbocycles. The van der Waals surface area contributed by atoms with Crippen LogP contribution in [-0.4, -0.2) is 54.3 Å². The fourth-order valence-corrected chi connectivity index (χ4v) is 7.36. The van der Waals surface area contributed by atoms with Crippen LogP contribution in [0.15, 0.2) is 43.0 Å². The molecule has 2 aromatic carbocycles. The van der Waals surface area contributed by atoms with Crippen molar-refractivity contribution in [2.45, 2.75) is 44.7 Å². The molecule has 13 heteroatoms. The summed E-state index contributed by atoms with van der Waals surface area (Å²) in [7, 11) is 0. The summed E-state index contributed by atoms with van der Waals surface area (Å²) >= 11 is 18.8. The van der Waals surface area contributed by atoms with Gasteiger partial charge in [-0.2, -0.15) is 0 Å². The van der Waals surface area contributed by atoms with Crippen molar-refractivity contribution in [2.75, 3.05) is 29.9 Å². The first-order valence-electron chi connectivity index (χ1n) is 13.5. The highest BCUT2D eigenvalue weighted by Crippen LogP contribution is 2.61. The van der Waals surface area contributed by atoms with Gasteiger partial charge < -0.3 is 15.0 Å². The molecule has 2 aromatic rings. The highest BCUT2D eigenvalue weighted by molar-refractivity contribution is 6.35. The van der Waals surface area contributed by atoms with Gasteiger partial charge in [-0.1, -0.05) is 68.2 Å². The van der Waals surface area contributed by atoms with Gasteiger partial charge in [-0.25, -0.2) is 13.2 Å². The lowest BCUT2D eigenvalue weighted by Gasteiger charge is -2.37. The molecule has 0 aromatic heterocycles. The van der Waals surface area contributed by atoms with Crippen molar-refractivity contribution in [3.8, 4) is 0 Å². The molecule has 230 valence electrons. The van der Waals surface area contributed by atoms with Gasteiger partial charge in [0.2, 0.25) is 5.91 Å². The number of fused-ring (bicyclic) bond motifs is 4. The highest BCUT2D eigenvalue weighted by Gasteiger charge is 2.75. The van der Waals surface area contributed by atoms with Crippen LogP contribution in [-0.2, 0) is 24.7 Å². The summed E-state index contributed by atoms with van der Waals surface area (Å²) in [6.45, 7) is 7.99. The third-order valence-corrected chi connectivity index (χ3v) is 8.63. The van der Waals surface area contributed by atoms with E-state index >= 15 is 13.2 Å². The number of amides is 2. The molecule has 1 N–H and O–H groups in total. The lowest BCUT2D eigenvalue weighted by atomic mass is 9.73. The van der Waals surface area contributed by atoms with E-state index in [1.54, 1.807) is 0 Å². The lowest BCUT2D eigenvalue weighted by molar-refractivity contribution is -0.158. The topological polar surface area (TPSA) is 79.0 Å². The number of halogens is 6. The summed E-state index contributed by atoms with van der Waals surface area (Å²) in [5.74, 6) is -10.1. The predicted octanol–water partition coefficient (Wildman–Crippen LogP) is 6.70. The van der Waals surface area contributed by atoms with Crippen LogP contribution in [0.25, 0.3) is 0 Å². The van der Waals surface area contributed by atoms with Crippen LogP contribution in [0.5, 0.6) is 0 Å². The quantitative estimate of drug-likeness (QED) is 0.276. The van der Waals surface area contributed by atoms with Crippen LogP contribution in [0.2, 0.25) is 15.1 Å². The SMILES string of the molecule is C=CCOC(=O)[C@@H]1[C@H](C(=O)N(CC(C)(C)C)c2cc(Cl)cc(Cl)c2)C2CC(F)(F)CN2[C@@]12C(=O)Nc1c(F)cc(Cl)cc12. The van der Waals surface area contributed by atoms with E-state index in [1.807, 2.05) is 20.8 Å². The van der Waals surface area contributed by atoms with E-state index < -0.39 is 71.3 Å². The van der Waals surface area contributed by atoms with Crippen LogP contribution in [0, 0.1) is 23.1 Å². The average molecular weight is 659 g/mol. The molecule has 43 heavy (non-hydrogen) atoms. The van der Waals surface area contributed by atoms with E-state index in [9.17, 15) is 14.4 Å². The van der Waals surface area contributed by atoms with E-state index in [0.717, 1.165) is 11.0 Å². The number of nitrogens with zero attached hydrogens (tertiary/aromatic N) is 2. The van der Waals surface area contributed by atoms with Crippen LogP contribution in [0.3, 0.4) is 0 Å². The summed E-state index contributed by atoms with van der Waals surface area (Å²) in [5, 5.41) is 2.76. The standard InChI is InChI=1S/C30H29Cl3F3N3O4/c1-5-6-43-26(41)23-22(25(40)38(13-28(2,3)4)18-8-15(31)7-16(32)9-18)21-12-29(35,36)14-39(21)30(23)19-10-17(33)11-20(34)24(19)37-27(30)42/h5,7-11,21-23H,1,6,12-14H2,2-4H3,(H,37,42)/t21?,22-,23+,30-/m1/s1. The first-order chi connectivity index (χ1) is 20.0. The van der Waals surface area contributed by atoms with E-state index in [4.69, 9.17) is 39.5 Å². The summed E-state index contributed by atoms with van der Waals surface area (Å²) in [5.41, 5.74) is -2.88. The Labute approximate surface area is 261 Å². The van der Waals surface area contributed by atoms with Gasteiger partial charge in [0.15, 0.2) is 0 Å². The van der Waals surface area contributed by atoms with Gasteiger partial charge in [0.05, 0.1) is 18.2 Å². The van der Waals surface area contributed by atoms with Crippen LogP contribution in [0.4, 0.5) is 24.5 Å². The molecule has 3 aliphatic heterocycles. The molecule has 1 spiro atoms. The first kappa shape index (κ1) is 31.6. The molecule has 0 radical (unpaired) electrons. The average Bonchev–Trinajstić information content (AvgIpc) is 3.45. The molecular formula is C30H29Cl3F3N3O4. The minimum absolute atomic E-state index is 0.0762. The van der Waals surface area contributed by atoms with Crippen molar-refractivity contribution >= 4 is 64.0 Å². The fraction of sp³-hybridized carbons (Fsp3) is 0.433. The Hall–Kier alpha value is -2.79. The van der Waals surface area contributed by atoms with Crippen LogP contribution in [0.1, 0.15) is 32.8 Å². The first-order valence-corrected chi connectivity index (χ1v) is 14.6. The predicted molar refractivity (Wildman–Crippen MR) is 158 cm³/mol. The number of benzene rings is 2. The number of carbonyl (C=O) groups is 3. The van der Waals surface area contributed by atoms with E-state index in [-0.39, 0.29) is 45.2 Å². The molecular weight excluding hydrogens is 630 g/mol. The van der Waals surface area contributed by atoms with Crippen molar-refractivity contribution in [1.29, 1.82) is 0 Å². The normalized spacial score (nSPS) is 25.8. The Balaban J connectivity index is 1.77. The molecule has 2 amide bonds. The molecule has 0 bridgehead atoms. The number of carbonyl (C=O) groups excluding carboxylic acids is 3. The Bertz CT molecular complexity index is 1510. The maximum absolute atomic E-state index is 15.3. The molecule has 3 aliphatic rings. The van der Waals surface area contributed by atoms with Crippen molar-refractivity contribution in [2.24, 2.45) is 17.3 Å². The van der Waals surface area contributed by atoms with Crippen molar-refractivity contribution in [1.82, 2.24) is 4.90 Å². The number of esters is 1. The Kier molecular flexibility index (Phi) is 8.08. The van der Waals surface area contributed by atoms with Crippen LogP contribution < -0.4 is 10.2 Å². The summed E-state index contributed by atoms with van der Waals surface area (Å²) in [4.78, 5) is 45.2. The van der Waals surface area contributed by atoms with Gasteiger partial charge >= 0.3 is 5.97 Å². The highest BCUT2D eigenvalue weighted by atomic mass is 35.5. The molecule has 7 nitrogen and oxygen atoms in total. The zero-order valence-corrected chi connectivity index (χ0v) is 25.8. The maximum atomic E-state index is 15.3. The smallest absolute Gasteiger partial charge is 0.312 e. The number of nitrogens with one attached hydrogen (secondary N) is 1. The molecule has 4 atom stereocenters. The van der Waals surface area contributed by atoms with Gasteiger partial charge in [0.25, 0.3) is 11.8 Å². The van der Waals surface area contributed by atoms with Crippen molar-refractivity contribution < 1.29 is 32.3 Å². The zero-order chi connectivity index (χ0) is 31.6. The van der Waals surface area contributed by atoms with Gasteiger partial charge in [-0.05, 0) is 35.7 Å². The minimum atomic E-state index is -3.33. The molecule has 1 unspecified atom stereocenters. The number of rotatable bonds is 6. The molecule has 2 saturated heterocycles. The summed E-state index contributed by atoms with van der Waals surface area (Å²) < 4.78 is 51.1.